The van der Waals surface area contributed by atoms with E-state index in [1.165, 1.54) is 0 Å². The molecular weight excluding hydrogens is 747 g/mol. The van der Waals surface area contributed by atoms with Crippen molar-refractivity contribution in [1.82, 2.24) is 40.5 Å². The zero-order chi connectivity index (χ0) is 42.1. The third kappa shape index (κ3) is 10.9. The third-order valence-electron chi connectivity index (χ3n) is 10.4. The Morgan fingerprint density at radius 3 is 1.75 bits per heavy atom. The minimum absolute atomic E-state index is 0.00164. The van der Waals surface area contributed by atoms with Crippen molar-refractivity contribution >= 4 is 35.1 Å². The van der Waals surface area contributed by atoms with Crippen LogP contribution in [0.4, 0.5) is 15.3 Å². The number of carbonyl (C=O) groups is 4. The number of amides is 6. The summed E-state index contributed by atoms with van der Waals surface area (Å²) in [5.41, 5.74) is 4.01. The molecule has 14 nitrogen and oxygen atoms in total. The molecule has 59 heavy (non-hydrogen) atoms. The largest absolute Gasteiger partial charge is 0.436 e. The van der Waals surface area contributed by atoms with E-state index in [2.05, 4.69) is 39.4 Å². The number of nitrogens with one attached hydrogen (secondary N) is 4. The van der Waals surface area contributed by atoms with Crippen LogP contribution in [0.15, 0.2) is 127 Å². The van der Waals surface area contributed by atoms with E-state index < -0.39 is 18.1 Å². The molecule has 6 rings (SSSR count). The third-order valence-corrected chi connectivity index (χ3v) is 10.4. The average molecular weight is 800 g/mol. The first-order chi connectivity index (χ1) is 28.4. The molecule has 0 bridgehead atoms. The molecule has 14 heteroatoms. The summed E-state index contributed by atoms with van der Waals surface area (Å²) in [6, 6.07) is 24.6. The Kier molecular flexibility index (Phi) is 13.8. The molecule has 6 amide bonds. The number of urea groups is 2. The van der Waals surface area contributed by atoms with Crippen LogP contribution < -0.4 is 21.3 Å². The van der Waals surface area contributed by atoms with E-state index in [1.54, 1.807) is 35.4 Å². The fourth-order valence-electron chi connectivity index (χ4n) is 7.40. The molecular formula is C45H53N9O5. The minimum Gasteiger partial charge on any atom is -0.436 e. The number of carbonyl (C=O) groups excluding carboxylic acids is 4. The van der Waals surface area contributed by atoms with E-state index in [4.69, 9.17) is 4.42 Å². The molecule has 4 aromatic rings. The summed E-state index contributed by atoms with van der Waals surface area (Å²) in [5, 5.41) is 11.5. The van der Waals surface area contributed by atoms with E-state index >= 15 is 0 Å². The van der Waals surface area contributed by atoms with Gasteiger partial charge in [0, 0.05) is 60.8 Å². The monoisotopic (exact) mass is 799 g/mol. The summed E-state index contributed by atoms with van der Waals surface area (Å²) in [5.74, 6) is 0.818. The fourth-order valence-corrected chi connectivity index (χ4v) is 7.40. The molecule has 0 aliphatic carbocycles. The summed E-state index contributed by atoms with van der Waals surface area (Å²) >= 11 is 0. The SMILES string of the molecule is C=C(/C=C\C(=C)c1ncc(-c2ccc(NC(=O)N[C@@H]3CCN(C(=O)[C@@H](c4ccccc4)N(C)C)C3)cc2)o1)NC(=O)N[C@@H]1CCN(C(=O)[C@@H](c2ccccc2)N(C)C)C1. The van der Waals surface area contributed by atoms with Crippen LogP contribution in [-0.2, 0) is 9.59 Å². The molecule has 4 N–H and O–H groups in total. The maximum absolute atomic E-state index is 13.4. The number of nitrogens with zero attached hydrogens (tertiary/aromatic N) is 5. The predicted molar refractivity (Wildman–Crippen MR) is 229 cm³/mol. The Balaban J connectivity index is 0.926. The van der Waals surface area contributed by atoms with Gasteiger partial charge in [0.1, 0.15) is 12.1 Å². The topological polar surface area (TPSA) is 155 Å². The summed E-state index contributed by atoms with van der Waals surface area (Å²) in [7, 11) is 7.56. The fraction of sp³-hybridized carbons (Fsp3) is 0.311. The van der Waals surface area contributed by atoms with Crippen molar-refractivity contribution in [3.05, 3.63) is 139 Å². The van der Waals surface area contributed by atoms with Crippen LogP contribution in [0.5, 0.6) is 0 Å². The minimum atomic E-state index is -0.417. The highest BCUT2D eigenvalue weighted by Gasteiger charge is 2.35. The van der Waals surface area contributed by atoms with E-state index in [9.17, 15) is 19.2 Å². The second kappa shape index (κ2) is 19.3. The zero-order valence-corrected chi connectivity index (χ0v) is 34.1. The Labute approximate surface area is 345 Å². The van der Waals surface area contributed by atoms with Gasteiger partial charge in [-0.15, -0.1) is 0 Å². The molecule has 2 fully saturated rings. The van der Waals surface area contributed by atoms with Crippen LogP contribution in [0.2, 0.25) is 0 Å². The number of likely N-dealkylation sites (N-methyl/N-ethyl adjacent to an activating group) is 2. The highest BCUT2D eigenvalue weighted by Crippen LogP contribution is 2.27. The molecule has 2 aliphatic heterocycles. The van der Waals surface area contributed by atoms with Gasteiger partial charge in [-0.3, -0.25) is 19.4 Å². The first-order valence-electron chi connectivity index (χ1n) is 19.6. The number of likely N-dealkylation sites (tertiary alicyclic amines) is 2. The number of oxazole rings is 1. The van der Waals surface area contributed by atoms with Gasteiger partial charge < -0.3 is 35.5 Å². The Morgan fingerprint density at radius 2 is 1.24 bits per heavy atom. The molecule has 0 unspecified atom stereocenters. The van der Waals surface area contributed by atoms with E-state index in [-0.39, 0.29) is 29.9 Å². The van der Waals surface area contributed by atoms with Gasteiger partial charge >= 0.3 is 12.1 Å². The van der Waals surface area contributed by atoms with Crippen molar-refractivity contribution < 1.29 is 23.6 Å². The summed E-state index contributed by atoms with van der Waals surface area (Å²) in [4.78, 5) is 64.3. The number of allylic oxidation sites excluding steroid dienone is 3. The maximum Gasteiger partial charge on any atom is 0.319 e. The molecule has 2 saturated heterocycles. The zero-order valence-electron chi connectivity index (χ0n) is 34.1. The molecule has 308 valence electrons. The lowest BCUT2D eigenvalue weighted by atomic mass is 10.0. The highest BCUT2D eigenvalue weighted by molar-refractivity contribution is 5.90. The standard InChI is InChI=1S/C45H53N9O5/c1-30(17-18-31(2)47-44(57)49-36-23-25-53(28-36)42(55)39(51(3)4)33-13-9-7-10-14-33)41-46-27-38(59-41)32-19-21-35(22-20-32)48-45(58)50-37-24-26-54(29-37)43(56)40(52(5)6)34-15-11-8-12-16-34/h7-22,27,36-37,39-40H,1-2,23-26,28-29H2,3-6H3,(H2,47,49,57)(H2,48,50,58)/b18-17-/t36-,37-,39-,40-/m1/s1. The van der Waals surface area contributed by atoms with Gasteiger partial charge in [0.05, 0.1) is 6.20 Å². The molecule has 0 radical (unpaired) electrons. The Hall–Kier alpha value is -6.51. The van der Waals surface area contributed by atoms with Crippen molar-refractivity contribution in [1.29, 1.82) is 0 Å². The van der Waals surface area contributed by atoms with Gasteiger partial charge in [0.15, 0.2) is 5.76 Å². The van der Waals surface area contributed by atoms with Crippen molar-refractivity contribution in [3.8, 4) is 11.3 Å². The Morgan fingerprint density at radius 1 is 0.729 bits per heavy atom. The average Bonchev–Trinajstić information content (AvgIpc) is 4.00. The summed E-state index contributed by atoms with van der Waals surface area (Å²) in [6.45, 7) is 9.94. The van der Waals surface area contributed by atoms with Gasteiger partial charge in [-0.2, -0.15) is 0 Å². The number of hydrogen-bond donors (Lipinski definition) is 4. The smallest absolute Gasteiger partial charge is 0.319 e. The first kappa shape index (κ1) is 42.1. The van der Waals surface area contributed by atoms with E-state index in [0.29, 0.717) is 67.6 Å². The second-order valence-electron chi connectivity index (χ2n) is 15.3. The number of anilines is 1. The Bertz CT molecular complexity index is 2150. The molecule has 4 atom stereocenters. The van der Waals surface area contributed by atoms with Gasteiger partial charge in [-0.25, -0.2) is 14.6 Å². The van der Waals surface area contributed by atoms with E-state index in [1.807, 2.05) is 116 Å². The normalized spacial score (nSPS) is 17.5. The van der Waals surface area contributed by atoms with Gasteiger partial charge in [0.2, 0.25) is 17.7 Å². The van der Waals surface area contributed by atoms with Gasteiger partial charge in [-0.1, -0.05) is 73.8 Å². The lowest BCUT2D eigenvalue weighted by molar-refractivity contribution is -0.136. The number of rotatable bonds is 14. The first-order valence-corrected chi connectivity index (χ1v) is 19.6. The molecule has 3 aromatic carbocycles. The lowest BCUT2D eigenvalue weighted by Crippen LogP contribution is -2.44. The van der Waals surface area contributed by atoms with E-state index in [0.717, 1.165) is 16.7 Å². The quantitative estimate of drug-likeness (QED) is 0.119. The van der Waals surface area contributed by atoms with Crippen molar-refractivity contribution in [2.24, 2.45) is 0 Å². The second-order valence-corrected chi connectivity index (χ2v) is 15.3. The maximum atomic E-state index is 13.4. The van der Waals surface area contributed by atoms with Crippen molar-refractivity contribution in [3.63, 3.8) is 0 Å². The van der Waals surface area contributed by atoms with Crippen LogP contribution in [0.25, 0.3) is 16.9 Å². The molecule has 1 aromatic heterocycles. The number of aromatic nitrogens is 1. The predicted octanol–water partition coefficient (Wildman–Crippen LogP) is 5.65. The van der Waals surface area contributed by atoms with Gasteiger partial charge in [0.25, 0.3) is 0 Å². The lowest BCUT2D eigenvalue weighted by Gasteiger charge is -2.28. The van der Waals surface area contributed by atoms with Crippen LogP contribution in [0.3, 0.4) is 0 Å². The van der Waals surface area contributed by atoms with Crippen LogP contribution in [0, 0.1) is 0 Å². The van der Waals surface area contributed by atoms with Crippen LogP contribution in [0.1, 0.15) is 41.9 Å². The number of hydrogen-bond acceptors (Lipinski definition) is 8. The van der Waals surface area contributed by atoms with Crippen molar-refractivity contribution in [2.45, 2.75) is 37.0 Å². The summed E-state index contributed by atoms with van der Waals surface area (Å²) < 4.78 is 5.96. The molecule has 0 spiro atoms. The van der Waals surface area contributed by atoms with Crippen LogP contribution >= 0.6 is 0 Å². The van der Waals surface area contributed by atoms with Crippen molar-refractivity contribution in [2.75, 3.05) is 59.7 Å². The summed E-state index contributed by atoms with van der Waals surface area (Å²) in [6.07, 6.45) is 6.15. The molecule has 3 heterocycles. The van der Waals surface area contributed by atoms with Crippen LogP contribution in [-0.4, -0.2) is 115 Å². The highest BCUT2D eigenvalue weighted by atomic mass is 16.4. The molecule has 0 saturated carbocycles. The number of benzene rings is 3. The molecule has 2 aliphatic rings. The van der Waals surface area contributed by atoms with Gasteiger partial charge in [-0.05, 0) is 88.6 Å².